The molecule has 2 aromatic carbocycles. The summed E-state index contributed by atoms with van der Waals surface area (Å²) in [5, 5.41) is 2.60. The van der Waals surface area contributed by atoms with Crippen molar-refractivity contribution < 1.29 is 8.78 Å². The monoisotopic (exact) mass is 302 g/mol. The minimum Gasteiger partial charge on any atom is -0.326 e. The summed E-state index contributed by atoms with van der Waals surface area (Å²) < 4.78 is 26.5. The highest BCUT2D eigenvalue weighted by Crippen LogP contribution is 2.29. The topological polar surface area (TPSA) is 38.9 Å². The number of thiazole rings is 1. The molecule has 0 aliphatic rings. The van der Waals surface area contributed by atoms with Gasteiger partial charge in [0, 0.05) is 29.1 Å². The largest absolute Gasteiger partial charge is 0.326 e. The van der Waals surface area contributed by atoms with Crippen molar-refractivity contribution in [3.63, 3.8) is 0 Å². The molecule has 0 radical (unpaired) electrons. The van der Waals surface area contributed by atoms with Crippen LogP contribution in [-0.2, 0) is 6.54 Å². The molecule has 0 unspecified atom stereocenters. The summed E-state index contributed by atoms with van der Waals surface area (Å²) in [6, 6.07) is 11.2. The van der Waals surface area contributed by atoms with E-state index < -0.39 is 11.6 Å². The number of nitrogens with two attached hydrogens (primary N) is 1. The Bertz CT molecular complexity index is 746. The summed E-state index contributed by atoms with van der Waals surface area (Å²) in [5.74, 6) is -1.21. The molecule has 0 amide bonds. The fourth-order valence-electron chi connectivity index (χ4n) is 2.02. The number of rotatable bonds is 3. The van der Waals surface area contributed by atoms with E-state index in [0.29, 0.717) is 17.8 Å². The molecule has 21 heavy (non-hydrogen) atoms. The zero-order valence-corrected chi connectivity index (χ0v) is 11.8. The molecule has 3 rings (SSSR count). The summed E-state index contributed by atoms with van der Waals surface area (Å²) in [5.41, 5.74) is 8.57. The van der Waals surface area contributed by atoms with Crippen molar-refractivity contribution in [2.75, 3.05) is 0 Å². The van der Waals surface area contributed by atoms with Crippen LogP contribution in [-0.4, -0.2) is 4.98 Å². The second-order valence-electron chi connectivity index (χ2n) is 4.60. The van der Waals surface area contributed by atoms with Gasteiger partial charge >= 0.3 is 0 Å². The van der Waals surface area contributed by atoms with Gasteiger partial charge in [0.05, 0.1) is 5.69 Å². The zero-order valence-electron chi connectivity index (χ0n) is 11.0. The fourth-order valence-corrected chi connectivity index (χ4v) is 2.86. The van der Waals surface area contributed by atoms with Crippen LogP contribution in [0.2, 0.25) is 0 Å². The molecule has 0 atom stereocenters. The van der Waals surface area contributed by atoms with E-state index in [4.69, 9.17) is 5.73 Å². The van der Waals surface area contributed by atoms with Crippen molar-refractivity contribution in [2.45, 2.75) is 6.54 Å². The second kappa shape index (κ2) is 5.71. The van der Waals surface area contributed by atoms with E-state index in [1.54, 1.807) is 5.38 Å². The van der Waals surface area contributed by atoms with Gasteiger partial charge in [-0.25, -0.2) is 13.8 Å². The molecule has 0 aliphatic carbocycles. The molecule has 0 spiro atoms. The van der Waals surface area contributed by atoms with Gasteiger partial charge in [0.15, 0.2) is 0 Å². The zero-order chi connectivity index (χ0) is 14.8. The van der Waals surface area contributed by atoms with Gasteiger partial charge in [-0.15, -0.1) is 11.3 Å². The Labute approximate surface area is 124 Å². The predicted octanol–water partition coefficient (Wildman–Crippen LogP) is 4.21. The van der Waals surface area contributed by atoms with Crippen molar-refractivity contribution in [3.8, 4) is 21.8 Å². The Hall–Kier alpha value is -2.11. The van der Waals surface area contributed by atoms with Crippen LogP contribution in [0.4, 0.5) is 8.78 Å². The highest BCUT2D eigenvalue weighted by molar-refractivity contribution is 7.13. The third-order valence-electron chi connectivity index (χ3n) is 3.10. The molecule has 0 saturated heterocycles. The number of halogens is 2. The van der Waals surface area contributed by atoms with Crippen LogP contribution < -0.4 is 5.73 Å². The van der Waals surface area contributed by atoms with E-state index in [-0.39, 0.29) is 0 Å². The second-order valence-corrected chi connectivity index (χ2v) is 5.46. The van der Waals surface area contributed by atoms with Gasteiger partial charge < -0.3 is 5.73 Å². The lowest BCUT2D eigenvalue weighted by molar-refractivity contribution is 0.584. The third-order valence-corrected chi connectivity index (χ3v) is 3.99. The lowest BCUT2D eigenvalue weighted by Crippen LogP contribution is -1.95. The predicted molar refractivity (Wildman–Crippen MR) is 80.8 cm³/mol. The van der Waals surface area contributed by atoms with Gasteiger partial charge in [-0.3, -0.25) is 0 Å². The number of hydrogen-bond donors (Lipinski definition) is 1. The quantitative estimate of drug-likeness (QED) is 0.787. The van der Waals surface area contributed by atoms with Crippen LogP contribution in [0.1, 0.15) is 5.56 Å². The molecule has 106 valence electrons. The first-order chi connectivity index (χ1) is 10.2. The Morgan fingerprint density at radius 2 is 1.62 bits per heavy atom. The maximum absolute atomic E-state index is 13.3. The lowest BCUT2D eigenvalue weighted by Gasteiger charge is -2.00. The SMILES string of the molecule is NCc1ccc(-c2nc(-c3cc(F)cc(F)c3)cs2)cc1. The number of hydrogen-bond acceptors (Lipinski definition) is 3. The van der Waals surface area contributed by atoms with Crippen LogP contribution >= 0.6 is 11.3 Å². The maximum Gasteiger partial charge on any atom is 0.126 e. The average molecular weight is 302 g/mol. The Kier molecular flexibility index (Phi) is 3.77. The van der Waals surface area contributed by atoms with Gasteiger partial charge in [0.25, 0.3) is 0 Å². The van der Waals surface area contributed by atoms with E-state index in [9.17, 15) is 8.78 Å². The number of aromatic nitrogens is 1. The van der Waals surface area contributed by atoms with Crippen LogP contribution in [0.5, 0.6) is 0 Å². The van der Waals surface area contributed by atoms with Crippen LogP contribution in [0.25, 0.3) is 21.8 Å². The molecule has 2 N–H and O–H groups in total. The van der Waals surface area contributed by atoms with Crippen LogP contribution in [0, 0.1) is 11.6 Å². The van der Waals surface area contributed by atoms with Gasteiger partial charge in [-0.2, -0.15) is 0 Å². The first-order valence-corrected chi connectivity index (χ1v) is 7.25. The van der Waals surface area contributed by atoms with Crippen LogP contribution in [0.3, 0.4) is 0 Å². The van der Waals surface area contributed by atoms with E-state index in [2.05, 4.69) is 4.98 Å². The molecular weight excluding hydrogens is 290 g/mol. The normalized spacial score (nSPS) is 10.8. The van der Waals surface area contributed by atoms with Crippen molar-refractivity contribution in [2.24, 2.45) is 5.73 Å². The minimum absolute atomic E-state index is 0.438. The van der Waals surface area contributed by atoms with Gasteiger partial charge in [0.1, 0.15) is 16.6 Å². The van der Waals surface area contributed by atoms with E-state index in [1.807, 2.05) is 24.3 Å². The van der Waals surface area contributed by atoms with Gasteiger partial charge in [-0.1, -0.05) is 24.3 Å². The molecular formula is C16H12F2N2S. The van der Waals surface area contributed by atoms with Gasteiger partial charge in [0.2, 0.25) is 0 Å². The smallest absolute Gasteiger partial charge is 0.126 e. The summed E-state index contributed by atoms with van der Waals surface area (Å²) in [6.45, 7) is 0.492. The molecule has 1 heterocycles. The molecule has 1 aromatic heterocycles. The fraction of sp³-hybridized carbons (Fsp3) is 0.0625. The molecule has 0 fully saturated rings. The molecule has 2 nitrogen and oxygen atoms in total. The maximum atomic E-state index is 13.3. The van der Waals surface area contributed by atoms with Crippen LogP contribution in [0.15, 0.2) is 47.8 Å². The third kappa shape index (κ3) is 2.99. The van der Waals surface area contributed by atoms with E-state index >= 15 is 0 Å². The highest BCUT2D eigenvalue weighted by atomic mass is 32.1. The van der Waals surface area contributed by atoms with Crippen molar-refractivity contribution in [1.29, 1.82) is 0 Å². The minimum atomic E-state index is -0.605. The first-order valence-electron chi connectivity index (χ1n) is 6.37. The molecule has 5 heteroatoms. The van der Waals surface area contributed by atoms with Crippen molar-refractivity contribution >= 4 is 11.3 Å². The lowest BCUT2D eigenvalue weighted by atomic mass is 10.1. The Morgan fingerprint density at radius 1 is 0.952 bits per heavy atom. The summed E-state index contributed by atoms with van der Waals surface area (Å²) in [7, 11) is 0. The Balaban J connectivity index is 1.95. The van der Waals surface area contributed by atoms with E-state index in [1.165, 1.54) is 23.5 Å². The first kappa shape index (κ1) is 13.9. The Morgan fingerprint density at radius 3 is 2.24 bits per heavy atom. The van der Waals surface area contributed by atoms with Crippen molar-refractivity contribution in [3.05, 3.63) is 65.0 Å². The van der Waals surface area contributed by atoms with E-state index in [0.717, 1.165) is 22.2 Å². The standard InChI is InChI=1S/C16H12F2N2S/c17-13-5-12(6-14(18)7-13)15-9-21-16(20-15)11-3-1-10(8-19)2-4-11/h1-7,9H,8,19H2. The molecule has 0 bridgehead atoms. The summed E-state index contributed by atoms with van der Waals surface area (Å²) >= 11 is 1.44. The van der Waals surface area contributed by atoms with Crippen molar-refractivity contribution in [1.82, 2.24) is 4.98 Å². The molecule has 3 aromatic rings. The average Bonchev–Trinajstić information content (AvgIpc) is 2.96. The highest BCUT2D eigenvalue weighted by Gasteiger charge is 2.09. The number of nitrogens with zero attached hydrogens (tertiary/aromatic N) is 1. The molecule has 0 aliphatic heterocycles. The van der Waals surface area contributed by atoms with Gasteiger partial charge in [-0.05, 0) is 17.7 Å². The number of benzene rings is 2. The summed E-state index contributed by atoms with van der Waals surface area (Å²) in [4.78, 5) is 4.44. The molecule has 0 saturated carbocycles. The summed E-state index contributed by atoms with van der Waals surface area (Å²) in [6.07, 6.45) is 0.